The molecule has 0 aliphatic rings. The van der Waals surface area contributed by atoms with Crippen LogP contribution in [0.1, 0.15) is 12.0 Å². The second-order valence-corrected chi connectivity index (χ2v) is 4.01. The first-order valence-corrected chi connectivity index (χ1v) is 5.13. The molecule has 0 spiro atoms. The highest BCUT2D eigenvalue weighted by atomic mass is 79.9. The average molecular weight is 240 g/mol. The Bertz CT molecular complexity index is 294. The van der Waals surface area contributed by atoms with E-state index in [2.05, 4.69) is 34.6 Å². The molecule has 0 aliphatic heterocycles. The van der Waals surface area contributed by atoms with Gasteiger partial charge in [-0.1, -0.05) is 40.2 Å². The van der Waals surface area contributed by atoms with Crippen LogP contribution in [-0.4, -0.2) is 6.54 Å². The highest BCUT2D eigenvalue weighted by Crippen LogP contribution is 2.15. The highest BCUT2D eigenvalue weighted by molar-refractivity contribution is 9.10. The molecule has 0 bridgehead atoms. The van der Waals surface area contributed by atoms with Crippen molar-refractivity contribution in [1.82, 2.24) is 0 Å². The van der Waals surface area contributed by atoms with Crippen LogP contribution in [-0.2, 0) is 6.42 Å². The first kappa shape index (κ1) is 10.5. The number of rotatable bonds is 4. The van der Waals surface area contributed by atoms with E-state index in [4.69, 9.17) is 5.73 Å². The summed E-state index contributed by atoms with van der Waals surface area (Å²) in [4.78, 5) is 0. The highest BCUT2D eigenvalue weighted by Gasteiger charge is 1.96. The molecule has 1 nitrogen and oxygen atoms in total. The van der Waals surface area contributed by atoms with Gasteiger partial charge in [0.05, 0.1) is 0 Å². The minimum atomic E-state index is 0.687. The third-order valence-corrected chi connectivity index (χ3v) is 2.33. The average Bonchev–Trinajstić information content (AvgIpc) is 2.04. The maximum atomic E-state index is 5.44. The molecule has 1 aromatic rings. The van der Waals surface area contributed by atoms with Crippen LogP contribution in [0.5, 0.6) is 0 Å². The van der Waals surface area contributed by atoms with Crippen molar-refractivity contribution >= 4 is 15.9 Å². The van der Waals surface area contributed by atoms with E-state index in [0.29, 0.717) is 6.54 Å². The number of halogens is 1. The van der Waals surface area contributed by atoms with Crippen LogP contribution in [0.2, 0.25) is 0 Å². The Labute approximate surface area is 87.8 Å². The van der Waals surface area contributed by atoms with E-state index < -0.39 is 0 Å². The zero-order chi connectivity index (χ0) is 9.68. The molecule has 0 amide bonds. The van der Waals surface area contributed by atoms with Gasteiger partial charge in [-0.15, -0.1) is 0 Å². The van der Waals surface area contributed by atoms with Crippen molar-refractivity contribution in [1.29, 1.82) is 0 Å². The van der Waals surface area contributed by atoms with Crippen LogP contribution in [0.3, 0.4) is 0 Å². The maximum Gasteiger partial charge on any atom is 0.0178 e. The van der Waals surface area contributed by atoms with Crippen molar-refractivity contribution < 1.29 is 0 Å². The molecule has 0 radical (unpaired) electrons. The first-order valence-electron chi connectivity index (χ1n) is 4.33. The van der Waals surface area contributed by atoms with Gasteiger partial charge in [-0.3, -0.25) is 0 Å². The molecule has 2 heteroatoms. The lowest BCUT2D eigenvalue weighted by molar-refractivity contribution is 0.913. The molecule has 0 atom stereocenters. The third-order valence-electron chi connectivity index (χ3n) is 1.84. The molecule has 0 aromatic heterocycles. The molecule has 0 fully saturated rings. The normalized spacial score (nSPS) is 10.0. The van der Waals surface area contributed by atoms with E-state index in [-0.39, 0.29) is 0 Å². The van der Waals surface area contributed by atoms with Crippen LogP contribution in [0, 0.1) is 0 Å². The summed E-state index contributed by atoms with van der Waals surface area (Å²) in [7, 11) is 0. The molecule has 1 rings (SSSR count). The fourth-order valence-corrected chi connectivity index (χ4v) is 1.67. The zero-order valence-electron chi connectivity index (χ0n) is 7.59. The summed E-state index contributed by atoms with van der Waals surface area (Å²) in [5.74, 6) is 0. The fraction of sp³-hybridized carbons (Fsp3) is 0.273. The van der Waals surface area contributed by atoms with Crippen molar-refractivity contribution in [3.63, 3.8) is 0 Å². The summed E-state index contributed by atoms with van der Waals surface area (Å²) in [5.41, 5.74) is 7.92. The molecule has 0 heterocycles. The molecule has 13 heavy (non-hydrogen) atoms. The van der Waals surface area contributed by atoms with Crippen molar-refractivity contribution in [3.05, 3.63) is 46.5 Å². The lowest BCUT2D eigenvalue weighted by atomic mass is 10.0. The Morgan fingerprint density at radius 2 is 2.23 bits per heavy atom. The fourth-order valence-electron chi connectivity index (χ4n) is 1.23. The van der Waals surface area contributed by atoms with Gasteiger partial charge in [0.2, 0.25) is 0 Å². The van der Waals surface area contributed by atoms with E-state index >= 15 is 0 Å². The Morgan fingerprint density at radius 3 is 2.85 bits per heavy atom. The van der Waals surface area contributed by atoms with E-state index in [0.717, 1.165) is 17.3 Å². The Morgan fingerprint density at radius 1 is 1.46 bits per heavy atom. The molecule has 0 aliphatic carbocycles. The monoisotopic (exact) mass is 239 g/mol. The van der Waals surface area contributed by atoms with Crippen molar-refractivity contribution in [2.75, 3.05) is 6.54 Å². The van der Waals surface area contributed by atoms with Crippen LogP contribution >= 0.6 is 15.9 Å². The number of benzene rings is 1. The van der Waals surface area contributed by atoms with Gasteiger partial charge < -0.3 is 5.73 Å². The van der Waals surface area contributed by atoms with E-state index in [1.165, 1.54) is 11.1 Å². The Hall–Kier alpha value is -0.600. The van der Waals surface area contributed by atoms with Crippen molar-refractivity contribution in [2.45, 2.75) is 12.8 Å². The van der Waals surface area contributed by atoms with Gasteiger partial charge in [0.15, 0.2) is 0 Å². The second kappa shape index (κ2) is 5.20. The standard InChI is InChI=1S/C11H14BrN/c1-9(5-6-13)7-10-3-2-4-11(12)8-10/h2-4,8H,1,5-7,13H2. The maximum absolute atomic E-state index is 5.44. The molecule has 0 saturated carbocycles. The Kier molecular flexibility index (Phi) is 4.19. The SMILES string of the molecule is C=C(CCN)Cc1cccc(Br)c1. The number of hydrogen-bond donors (Lipinski definition) is 1. The summed E-state index contributed by atoms with van der Waals surface area (Å²) in [5, 5.41) is 0. The largest absolute Gasteiger partial charge is 0.330 e. The van der Waals surface area contributed by atoms with Gasteiger partial charge in [0.25, 0.3) is 0 Å². The van der Waals surface area contributed by atoms with Gasteiger partial charge in [-0.2, -0.15) is 0 Å². The molecule has 2 N–H and O–H groups in total. The van der Waals surface area contributed by atoms with Gasteiger partial charge in [0, 0.05) is 4.47 Å². The van der Waals surface area contributed by atoms with Gasteiger partial charge >= 0.3 is 0 Å². The predicted molar refractivity (Wildman–Crippen MR) is 60.7 cm³/mol. The lowest BCUT2D eigenvalue weighted by Gasteiger charge is -2.04. The minimum Gasteiger partial charge on any atom is -0.330 e. The molecule has 0 unspecified atom stereocenters. The van der Waals surface area contributed by atoms with Crippen LogP contribution in [0.4, 0.5) is 0 Å². The summed E-state index contributed by atoms with van der Waals surface area (Å²) in [6, 6.07) is 8.28. The number of nitrogens with two attached hydrogens (primary N) is 1. The summed E-state index contributed by atoms with van der Waals surface area (Å²) in [6.45, 7) is 4.66. The molecule has 1 aromatic carbocycles. The lowest BCUT2D eigenvalue weighted by Crippen LogP contribution is -2.01. The zero-order valence-corrected chi connectivity index (χ0v) is 9.18. The predicted octanol–water partition coefficient (Wildman–Crippen LogP) is 2.90. The van der Waals surface area contributed by atoms with Crippen LogP contribution < -0.4 is 5.73 Å². The minimum absolute atomic E-state index is 0.687. The molecule has 70 valence electrons. The van der Waals surface area contributed by atoms with Crippen molar-refractivity contribution in [3.8, 4) is 0 Å². The van der Waals surface area contributed by atoms with Crippen LogP contribution in [0.15, 0.2) is 40.9 Å². The van der Waals surface area contributed by atoms with Crippen LogP contribution in [0.25, 0.3) is 0 Å². The molecular weight excluding hydrogens is 226 g/mol. The Balaban J connectivity index is 2.58. The quantitative estimate of drug-likeness (QED) is 0.804. The summed E-state index contributed by atoms with van der Waals surface area (Å²) < 4.78 is 1.12. The third kappa shape index (κ3) is 3.75. The first-order chi connectivity index (χ1) is 6.22. The van der Waals surface area contributed by atoms with Crippen molar-refractivity contribution in [2.24, 2.45) is 5.73 Å². The van der Waals surface area contributed by atoms with E-state index in [9.17, 15) is 0 Å². The van der Waals surface area contributed by atoms with E-state index in [1.54, 1.807) is 0 Å². The second-order valence-electron chi connectivity index (χ2n) is 3.10. The topological polar surface area (TPSA) is 26.0 Å². The number of hydrogen-bond acceptors (Lipinski definition) is 1. The van der Waals surface area contributed by atoms with E-state index in [1.807, 2.05) is 12.1 Å². The van der Waals surface area contributed by atoms with Gasteiger partial charge in [-0.05, 0) is 37.1 Å². The van der Waals surface area contributed by atoms with Gasteiger partial charge in [0.1, 0.15) is 0 Å². The summed E-state index contributed by atoms with van der Waals surface area (Å²) >= 11 is 3.44. The van der Waals surface area contributed by atoms with Gasteiger partial charge in [-0.25, -0.2) is 0 Å². The summed E-state index contributed by atoms with van der Waals surface area (Å²) in [6.07, 6.45) is 1.84. The smallest absolute Gasteiger partial charge is 0.0178 e. The molecule has 0 saturated heterocycles. The molecular formula is C11H14BrN.